The average Bonchev–Trinajstić information content (AvgIpc) is 2.91. The zero-order chi connectivity index (χ0) is 12.1. The first-order valence-electron chi connectivity index (χ1n) is 5.02. The topological polar surface area (TPSA) is 67.0 Å². The van der Waals surface area contributed by atoms with Gasteiger partial charge in [-0.1, -0.05) is 17.8 Å². The van der Waals surface area contributed by atoms with Crippen molar-refractivity contribution < 1.29 is 9.21 Å². The molecule has 5 nitrogen and oxygen atoms in total. The third-order valence-electron chi connectivity index (χ3n) is 2.03. The zero-order valence-corrected chi connectivity index (χ0v) is 9.81. The average molecular weight is 249 g/mol. The predicted molar refractivity (Wildman–Crippen MR) is 68.1 cm³/mol. The van der Waals surface area contributed by atoms with Crippen LogP contribution in [0.25, 0.3) is 0 Å². The Labute approximate surface area is 103 Å². The number of furan rings is 1. The van der Waals surface area contributed by atoms with Crippen LogP contribution in [0.3, 0.4) is 0 Å². The van der Waals surface area contributed by atoms with Gasteiger partial charge in [0.1, 0.15) is 5.76 Å². The number of thioether (sulfide) groups is 1. The van der Waals surface area contributed by atoms with Gasteiger partial charge in [0.25, 0.3) is 0 Å². The van der Waals surface area contributed by atoms with Gasteiger partial charge in [-0.25, -0.2) is 0 Å². The summed E-state index contributed by atoms with van der Waals surface area (Å²) < 4.78 is 5.05. The number of rotatable bonds is 4. The summed E-state index contributed by atoms with van der Waals surface area (Å²) in [7, 11) is 0. The first-order chi connectivity index (χ1) is 8.29. The van der Waals surface area contributed by atoms with E-state index in [9.17, 15) is 4.79 Å². The van der Waals surface area contributed by atoms with Crippen molar-refractivity contribution in [2.75, 3.05) is 0 Å². The second-order valence-electron chi connectivity index (χ2n) is 3.29. The van der Waals surface area contributed by atoms with Gasteiger partial charge in [0.2, 0.25) is 5.91 Å². The van der Waals surface area contributed by atoms with Crippen LogP contribution in [0, 0.1) is 0 Å². The number of hydrogen-bond donors (Lipinski definition) is 1. The highest BCUT2D eigenvalue weighted by atomic mass is 32.2. The minimum atomic E-state index is -0.148. The Kier molecular flexibility index (Phi) is 3.77. The van der Waals surface area contributed by atoms with Crippen molar-refractivity contribution in [3.8, 4) is 0 Å². The maximum absolute atomic E-state index is 11.4. The maximum atomic E-state index is 11.4. The molecule has 0 aliphatic carbocycles. The molecule has 0 bridgehead atoms. The van der Waals surface area contributed by atoms with E-state index in [4.69, 9.17) is 4.42 Å². The van der Waals surface area contributed by atoms with Crippen LogP contribution in [-0.4, -0.2) is 22.5 Å². The van der Waals surface area contributed by atoms with Crippen LogP contribution < -0.4 is 5.32 Å². The van der Waals surface area contributed by atoms with E-state index in [0.717, 1.165) is 0 Å². The summed E-state index contributed by atoms with van der Waals surface area (Å²) in [6.45, 7) is 3.60. The molecule has 0 saturated carbocycles. The highest BCUT2D eigenvalue weighted by Crippen LogP contribution is 2.22. The summed E-state index contributed by atoms with van der Waals surface area (Å²) in [5.41, 5.74) is 0. The summed E-state index contributed by atoms with van der Waals surface area (Å²) in [4.78, 5) is 11.4. The van der Waals surface area contributed by atoms with Gasteiger partial charge >= 0.3 is 0 Å². The molecular formula is C11H11N3O2S. The van der Waals surface area contributed by atoms with E-state index >= 15 is 0 Å². The number of carbonyl (C=O) groups is 1. The highest BCUT2D eigenvalue weighted by molar-refractivity contribution is 8.15. The Hall–Kier alpha value is -1.82. The molecule has 0 radical (unpaired) electrons. The van der Waals surface area contributed by atoms with Crippen LogP contribution in [0.4, 0.5) is 0 Å². The summed E-state index contributed by atoms with van der Waals surface area (Å²) in [5, 5.41) is 10.7. The normalized spacial score (nSPS) is 22.2. The molecule has 1 unspecified atom stereocenters. The lowest BCUT2D eigenvalue weighted by atomic mass is 10.3. The molecule has 1 amide bonds. The number of nitrogens with one attached hydrogen (secondary N) is 1. The van der Waals surface area contributed by atoms with Crippen molar-refractivity contribution in [3.05, 3.63) is 36.8 Å². The minimum absolute atomic E-state index is 0.0538. The van der Waals surface area contributed by atoms with Crippen LogP contribution in [0.1, 0.15) is 12.2 Å². The third-order valence-corrected chi connectivity index (χ3v) is 3.13. The monoisotopic (exact) mass is 249 g/mol. The molecule has 0 aromatic carbocycles. The SMILES string of the molecule is C=CCC1S/C(=N/N=Cc2ccco2)NC1=O. The predicted octanol–water partition coefficient (Wildman–Crippen LogP) is 1.78. The molecule has 1 fully saturated rings. The van der Waals surface area contributed by atoms with Crippen LogP contribution in [0.2, 0.25) is 0 Å². The van der Waals surface area contributed by atoms with Crippen molar-refractivity contribution in [1.29, 1.82) is 0 Å². The van der Waals surface area contributed by atoms with E-state index in [1.807, 2.05) is 0 Å². The lowest BCUT2D eigenvalue weighted by molar-refractivity contribution is -0.118. The van der Waals surface area contributed by atoms with Gasteiger partial charge < -0.3 is 9.73 Å². The summed E-state index contributed by atoms with van der Waals surface area (Å²) in [6, 6.07) is 3.53. The van der Waals surface area contributed by atoms with Gasteiger partial charge in [0.15, 0.2) is 5.17 Å². The third kappa shape index (κ3) is 3.07. The standard InChI is InChI=1S/C11H11N3O2S/c1-2-4-9-10(15)13-11(17-9)14-12-7-8-5-3-6-16-8/h2-3,5-7,9H,1,4H2,(H,13,14,15). The van der Waals surface area contributed by atoms with Gasteiger partial charge in [0, 0.05) is 0 Å². The fraction of sp³-hybridized carbons (Fsp3) is 0.182. The maximum Gasteiger partial charge on any atom is 0.239 e. The van der Waals surface area contributed by atoms with Crippen molar-refractivity contribution >= 4 is 29.1 Å². The fourth-order valence-electron chi connectivity index (χ4n) is 1.26. The molecular weight excluding hydrogens is 238 g/mol. The highest BCUT2D eigenvalue weighted by Gasteiger charge is 2.28. The molecule has 1 aliphatic rings. The summed E-state index contributed by atoms with van der Waals surface area (Å²) in [6.07, 6.45) is 5.38. The molecule has 0 spiro atoms. The fourth-order valence-corrected chi connectivity index (χ4v) is 2.18. The van der Waals surface area contributed by atoms with E-state index in [1.54, 1.807) is 24.5 Å². The molecule has 2 rings (SSSR count). The van der Waals surface area contributed by atoms with Crippen molar-refractivity contribution in [2.45, 2.75) is 11.7 Å². The first kappa shape index (κ1) is 11.7. The molecule has 1 atom stereocenters. The summed E-state index contributed by atoms with van der Waals surface area (Å²) >= 11 is 1.35. The first-order valence-corrected chi connectivity index (χ1v) is 5.90. The van der Waals surface area contributed by atoms with Crippen LogP contribution in [0.15, 0.2) is 45.7 Å². The molecule has 1 N–H and O–H groups in total. The molecule has 88 valence electrons. The van der Waals surface area contributed by atoms with Crippen LogP contribution in [-0.2, 0) is 4.79 Å². The van der Waals surface area contributed by atoms with E-state index in [1.165, 1.54) is 18.0 Å². The van der Waals surface area contributed by atoms with Gasteiger partial charge in [-0.2, -0.15) is 5.10 Å². The van der Waals surface area contributed by atoms with Crippen molar-refractivity contribution in [2.24, 2.45) is 10.2 Å². The second kappa shape index (κ2) is 5.49. The van der Waals surface area contributed by atoms with Crippen molar-refractivity contribution in [3.63, 3.8) is 0 Å². The molecule has 17 heavy (non-hydrogen) atoms. The largest absolute Gasteiger partial charge is 0.463 e. The van der Waals surface area contributed by atoms with E-state index in [2.05, 4.69) is 22.1 Å². The van der Waals surface area contributed by atoms with Gasteiger partial charge in [-0.05, 0) is 18.6 Å². The Morgan fingerprint density at radius 2 is 2.53 bits per heavy atom. The number of amides is 1. The lowest BCUT2D eigenvalue weighted by Crippen LogP contribution is -2.24. The van der Waals surface area contributed by atoms with Crippen LogP contribution in [0.5, 0.6) is 0 Å². The van der Waals surface area contributed by atoms with Gasteiger partial charge in [0.05, 0.1) is 17.7 Å². The zero-order valence-electron chi connectivity index (χ0n) is 9.00. The Morgan fingerprint density at radius 3 is 3.24 bits per heavy atom. The number of amidine groups is 1. The Morgan fingerprint density at radius 1 is 1.65 bits per heavy atom. The molecule has 1 aromatic rings. The molecule has 6 heteroatoms. The molecule has 1 aromatic heterocycles. The smallest absolute Gasteiger partial charge is 0.239 e. The van der Waals surface area contributed by atoms with Gasteiger partial charge in [-0.3, -0.25) is 4.79 Å². The quantitative estimate of drug-likeness (QED) is 0.502. The summed E-state index contributed by atoms with van der Waals surface area (Å²) in [5.74, 6) is 0.563. The Balaban J connectivity index is 1.95. The second-order valence-corrected chi connectivity index (χ2v) is 4.48. The van der Waals surface area contributed by atoms with E-state index in [0.29, 0.717) is 17.3 Å². The molecule has 1 aliphatic heterocycles. The Bertz CT molecular complexity index is 465. The van der Waals surface area contributed by atoms with Gasteiger partial charge in [-0.15, -0.1) is 11.7 Å². The molecule has 2 heterocycles. The van der Waals surface area contributed by atoms with E-state index < -0.39 is 0 Å². The lowest BCUT2D eigenvalue weighted by Gasteiger charge is -1.96. The minimum Gasteiger partial charge on any atom is -0.463 e. The molecule has 1 saturated heterocycles. The van der Waals surface area contributed by atoms with Crippen molar-refractivity contribution in [1.82, 2.24) is 5.32 Å². The number of allylic oxidation sites excluding steroid dienone is 1. The number of hydrogen-bond acceptors (Lipinski definition) is 5. The van der Waals surface area contributed by atoms with E-state index in [-0.39, 0.29) is 11.2 Å². The number of nitrogens with zero attached hydrogens (tertiary/aromatic N) is 2. The van der Waals surface area contributed by atoms with Crippen LogP contribution >= 0.6 is 11.8 Å². The number of carbonyl (C=O) groups excluding carboxylic acids is 1.